The van der Waals surface area contributed by atoms with Crippen molar-refractivity contribution in [1.29, 1.82) is 0 Å². The lowest BCUT2D eigenvalue weighted by atomic mass is 10.00. The van der Waals surface area contributed by atoms with Gasteiger partial charge in [-0.15, -0.1) is 0 Å². The van der Waals surface area contributed by atoms with Gasteiger partial charge in [-0.25, -0.2) is 24.9 Å². The minimum Gasteiger partial charge on any atom is -0.480 e. The van der Waals surface area contributed by atoms with Gasteiger partial charge in [-0.05, 0) is 43.5 Å². The summed E-state index contributed by atoms with van der Waals surface area (Å²) in [6.07, 6.45) is 4.45. The van der Waals surface area contributed by atoms with E-state index >= 15 is 0 Å². The van der Waals surface area contributed by atoms with Crippen molar-refractivity contribution in [2.75, 3.05) is 27.2 Å². The van der Waals surface area contributed by atoms with Crippen molar-refractivity contribution in [3.8, 4) is 28.7 Å². The van der Waals surface area contributed by atoms with Crippen LogP contribution in [0.3, 0.4) is 0 Å². The average molecular weight is 629 g/mol. The van der Waals surface area contributed by atoms with E-state index in [0.29, 0.717) is 39.4 Å². The summed E-state index contributed by atoms with van der Waals surface area (Å²) in [4.78, 5) is 38.7. The minimum absolute atomic E-state index is 0.180. The molecule has 0 bridgehead atoms. The number of halogens is 3. The molecule has 236 valence electrons. The molecular weight excluding hydrogens is 597 g/mol. The van der Waals surface area contributed by atoms with Crippen LogP contribution in [0.25, 0.3) is 39.4 Å². The molecule has 5 heterocycles. The van der Waals surface area contributed by atoms with Crippen molar-refractivity contribution in [2.45, 2.75) is 37.9 Å². The molecule has 1 saturated carbocycles. The molecular formula is C33H31F3N8O2. The molecule has 0 N–H and O–H groups in total. The summed E-state index contributed by atoms with van der Waals surface area (Å²) in [5.41, 5.74) is 3.62. The lowest BCUT2D eigenvalue weighted by Crippen LogP contribution is -2.28. The monoisotopic (exact) mass is 628 g/mol. The first-order valence-corrected chi connectivity index (χ1v) is 15.0. The fourth-order valence-electron chi connectivity index (χ4n) is 5.90. The average Bonchev–Trinajstić information content (AvgIpc) is 3.82. The quantitative estimate of drug-likeness (QED) is 0.239. The van der Waals surface area contributed by atoms with Crippen LogP contribution in [0.5, 0.6) is 5.88 Å². The van der Waals surface area contributed by atoms with E-state index in [2.05, 4.69) is 25.9 Å². The third-order valence-electron chi connectivity index (χ3n) is 8.53. The highest BCUT2D eigenvalue weighted by atomic mass is 19.4. The number of ether oxygens (including phenoxy) is 1. The minimum atomic E-state index is -4.54. The number of nitrogens with zero attached hydrogens (tertiary/aromatic N) is 8. The van der Waals surface area contributed by atoms with Crippen LogP contribution >= 0.6 is 0 Å². The second kappa shape index (κ2) is 11.5. The van der Waals surface area contributed by atoms with E-state index in [1.165, 1.54) is 17.9 Å². The molecule has 1 aromatic carbocycles. The molecule has 7 rings (SSSR count). The van der Waals surface area contributed by atoms with Crippen molar-refractivity contribution in [3.63, 3.8) is 0 Å². The lowest BCUT2D eigenvalue weighted by Gasteiger charge is -2.22. The SMILES string of the molecule is COc1ncnc(C2CC2)c1-c1ncc2cc(C3=CCN(C)CC3)c(=O)n(Cc3ccc(-c4nc(C(F)(F)F)cn4C)cc3)c2n1. The molecule has 0 atom stereocenters. The topological polar surface area (TPSA) is 104 Å². The van der Waals surface area contributed by atoms with E-state index in [-0.39, 0.29) is 23.8 Å². The van der Waals surface area contributed by atoms with Crippen molar-refractivity contribution in [2.24, 2.45) is 7.05 Å². The lowest BCUT2D eigenvalue weighted by molar-refractivity contribution is -0.140. The molecule has 0 spiro atoms. The maximum absolute atomic E-state index is 14.2. The largest absolute Gasteiger partial charge is 0.480 e. The number of fused-ring (bicyclic) bond motifs is 1. The van der Waals surface area contributed by atoms with Crippen LogP contribution in [0.15, 0.2) is 59.9 Å². The number of alkyl halides is 3. The molecule has 0 unspecified atom stereocenters. The van der Waals surface area contributed by atoms with E-state index in [1.54, 1.807) is 42.1 Å². The highest BCUT2D eigenvalue weighted by molar-refractivity contribution is 5.82. The number of aryl methyl sites for hydroxylation is 1. The summed E-state index contributed by atoms with van der Waals surface area (Å²) in [7, 11) is 5.11. The number of benzene rings is 1. The number of imidazole rings is 1. The van der Waals surface area contributed by atoms with Gasteiger partial charge in [0.05, 0.1) is 19.3 Å². The zero-order valence-electron chi connectivity index (χ0n) is 25.5. The zero-order chi connectivity index (χ0) is 32.2. The Balaban J connectivity index is 1.34. The normalized spacial score (nSPS) is 15.7. The van der Waals surface area contributed by atoms with Crippen LogP contribution in [0, 0.1) is 0 Å². The first-order chi connectivity index (χ1) is 22.1. The van der Waals surface area contributed by atoms with Crippen molar-refractivity contribution < 1.29 is 17.9 Å². The number of hydrogen-bond donors (Lipinski definition) is 0. The molecule has 10 nitrogen and oxygen atoms in total. The smallest absolute Gasteiger partial charge is 0.434 e. The molecule has 5 aromatic rings. The molecule has 0 saturated heterocycles. The Morgan fingerprint density at radius 3 is 2.48 bits per heavy atom. The van der Waals surface area contributed by atoms with Gasteiger partial charge >= 0.3 is 6.18 Å². The Hall–Kier alpha value is -4.91. The zero-order valence-corrected chi connectivity index (χ0v) is 25.5. The summed E-state index contributed by atoms with van der Waals surface area (Å²) in [6, 6.07) is 8.86. The molecule has 46 heavy (non-hydrogen) atoms. The van der Waals surface area contributed by atoms with Crippen molar-refractivity contribution in [1.82, 2.24) is 39.0 Å². The Bertz CT molecular complexity index is 2050. The number of rotatable bonds is 7. The molecule has 4 aromatic heterocycles. The van der Waals surface area contributed by atoms with Gasteiger partial charge in [-0.2, -0.15) is 13.2 Å². The second-order valence-electron chi connectivity index (χ2n) is 11.8. The van der Waals surface area contributed by atoms with Crippen LogP contribution in [0.2, 0.25) is 0 Å². The van der Waals surface area contributed by atoms with Crippen LogP contribution in [-0.4, -0.2) is 66.2 Å². The highest BCUT2D eigenvalue weighted by Gasteiger charge is 2.35. The summed E-state index contributed by atoms with van der Waals surface area (Å²) in [6.45, 7) is 1.76. The van der Waals surface area contributed by atoms with Crippen molar-refractivity contribution in [3.05, 3.63) is 88.0 Å². The predicted octanol–water partition coefficient (Wildman–Crippen LogP) is 5.32. The molecule has 1 aliphatic carbocycles. The first-order valence-electron chi connectivity index (χ1n) is 15.0. The maximum Gasteiger partial charge on any atom is 0.434 e. The van der Waals surface area contributed by atoms with Gasteiger partial charge in [0.15, 0.2) is 11.5 Å². The van der Waals surface area contributed by atoms with Crippen LogP contribution in [-0.2, 0) is 19.8 Å². The van der Waals surface area contributed by atoms with Crippen LogP contribution in [0.1, 0.15) is 47.7 Å². The number of aromatic nitrogens is 7. The van der Waals surface area contributed by atoms with Gasteiger partial charge in [0.2, 0.25) is 5.88 Å². The van der Waals surface area contributed by atoms with Crippen molar-refractivity contribution >= 4 is 16.6 Å². The Morgan fingerprint density at radius 2 is 1.83 bits per heavy atom. The number of methoxy groups -OCH3 is 1. The summed E-state index contributed by atoms with van der Waals surface area (Å²) < 4.78 is 48.4. The fourth-order valence-corrected chi connectivity index (χ4v) is 5.90. The van der Waals surface area contributed by atoms with E-state index in [4.69, 9.17) is 14.7 Å². The van der Waals surface area contributed by atoms with E-state index in [1.807, 2.05) is 13.1 Å². The Labute approximate surface area is 262 Å². The van der Waals surface area contributed by atoms with Gasteiger partial charge in [-0.3, -0.25) is 9.36 Å². The van der Waals surface area contributed by atoms with Gasteiger partial charge < -0.3 is 14.2 Å². The number of hydrogen-bond acceptors (Lipinski definition) is 8. The summed E-state index contributed by atoms with van der Waals surface area (Å²) in [5.74, 6) is 1.21. The first kappa shape index (κ1) is 29.8. The van der Waals surface area contributed by atoms with E-state index in [9.17, 15) is 18.0 Å². The Morgan fingerprint density at radius 1 is 1.04 bits per heavy atom. The molecule has 0 amide bonds. The predicted molar refractivity (Wildman–Crippen MR) is 166 cm³/mol. The van der Waals surface area contributed by atoms with Crippen LogP contribution in [0.4, 0.5) is 13.2 Å². The fraction of sp³-hybridized carbons (Fsp3) is 0.333. The number of pyridine rings is 1. The molecule has 0 radical (unpaired) electrons. The highest BCUT2D eigenvalue weighted by Crippen LogP contribution is 2.45. The number of likely N-dealkylation sites (N-methyl/N-ethyl adjacent to an activating group) is 1. The second-order valence-corrected chi connectivity index (χ2v) is 11.8. The Kier molecular flexibility index (Phi) is 7.42. The molecule has 1 aliphatic heterocycles. The molecule has 2 aliphatic rings. The standard InChI is InChI=1S/C33H31F3N8O2/c1-42-12-10-20(11-13-42)24-14-23-15-37-28(26-27(21-8-9-21)38-18-39-31(26)46-3)41-30(23)44(32(24)45)16-19-4-6-22(7-5-19)29-40-25(17-43(29)2)33(34,35)36/h4-7,10,14-15,17-18,21H,8-9,11-13,16H2,1-3H3. The van der Waals surface area contributed by atoms with Gasteiger partial charge in [0.25, 0.3) is 5.56 Å². The summed E-state index contributed by atoms with van der Waals surface area (Å²) in [5, 5.41) is 0.700. The van der Waals surface area contributed by atoms with Gasteiger partial charge in [0.1, 0.15) is 23.4 Å². The molecule has 13 heteroatoms. The van der Waals surface area contributed by atoms with Gasteiger partial charge in [-0.1, -0.05) is 30.3 Å². The summed E-state index contributed by atoms with van der Waals surface area (Å²) >= 11 is 0. The van der Waals surface area contributed by atoms with E-state index in [0.717, 1.165) is 55.4 Å². The van der Waals surface area contributed by atoms with E-state index < -0.39 is 11.9 Å². The van der Waals surface area contributed by atoms with Crippen LogP contribution < -0.4 is 10.3 Å². The third-order valence-corrected chi connectivity index (χ3v) is 8.53. The maximum atomic E-state index is 14.2. The third kappa shape index (κ3) is 5.55. The van der Waals surface area contributed by atoms with Gasteiger partial charge in [0, 0.05) is 55.0 Å². The molecule has 1 fully saturated rings.